The first kappa shape index (κ1) is 26.8. The number of aromatic nitrogens is 3. The van der Waals surface area contributed by atoms with Gasteiger partial charge in [-0.1, -0.05) is 102 Å². The van der Waals surface area contributed by atoms with Crippen LogP contribution in [0.3, 0.4) is 0 Å². The molecule has 0 atom stereocenters. The van der Waals surface area contributed by atoms with Gasteiger partial charge in [0.05, 0.1) is 6.42 Å². The number of hydrogen-bond donors (Lipinski definition) is 0. The van der Waals surface area contributed by atoms with Gasteiger partial charge < -0.3 is 14.3 Å². The molecular weight excluding hydrogens is 534 g/mol. The summed E-state index contributed by atoms with van der Waals surface area (Å²) < 4.78 is 5.91. The van der Waals surface area contributed by atoms with Crippen LogP contribution in [0.1, 0.15) is 28.9 Å². The molecule has 7 rings (SSSR count). The van der Waals surface area contributed by atoms with Crippen molar-refractivity contribution in [2.75, 3.05) is 31.1 Å². The van der Waals surface area contributed by atoms with E-state index < -0.39 is 0 Å². The van der Waals surface area contributed by atoms with Crippen molar-refractivity contribution in [3.8, 4) is 11.3 Å². The monoisotopic (exact) mass is 567 g/mol. The van der Waals surface area contributed by atoms with E-state index in [4.69, 9.17) is 14.5 Å². The van der Waals surface area contributed by atoms with Crippen LogP contribution in [0, 0.1) is 6.92 Å². The minimum absolute atomic E-state index is 0.155. The fourth-order valence-electron chi connectivity index (χ4n) is 5.87. The maximum Gasteiger partial charge on any atom is 0.263 e. The van der Waals surface area contributed by atoms with Gasteiger partial charge in [0, 0.05) is 38.2 Å². The Morgan fingerprint density at radius 1 is 0.791 bits per heavy atom. The lowest BCUT2D eigenvalue weighted by Crippen LogP contribution is -2.36. The quantitative estimate of drug-likeness (QED) is 0.225. The summed E-state index contributed by atoms with van der Waals surface area (Å²) in [6, 6.07) is 33.0. The number of rotatable bonds is 6. The molecule has 0 N–H and O–H groups in total. The molecule has 0 bridgehead atoms. The Kier molecular flexibility index (Phi) is 7.29. The van der Waals surface area contributed by atoms with E-state index in [1.54, 1.807) is 0 Å². The number of carbonyl (C=O) groups excluding carboxylic acids is 1. The van der Waals surface area contributed by atoms with Gasteiger partial charge in [-0.3, -0.25) is 4.79 Å². The predicted octanol–water partition coefficient (Wildman–Crippen LogP) is 6.62. The summed E-state index contributed by atoms with van der Waals surface area (Å²) >= 11 is 0. The fourth-order valence-corrected chi connectivity index (χ4v) is 5.87. The molecule has 7 nitrogen and oxygen atoms in total. The van der Waals surface area contributed by atoms with Crippen LogP contribution >= 0.6 is 0 Å². The van der Waals surface area contributed by atoms with Crippen molar-refractivity contribution >= 4 is 33.6 Å². The molecule has 0 spiro atoms. The number of nitrogens with zero attached hydrogens (tertiary/aromatic N) is 5. The smallest absolute Gasteiger partial charge is 0.263 e. The maximum absolute atomic E-state index is 13.2. The van der Waals surface area contributed by atoms with Crippen LogP contribution in [0.5, 0.6) is 0 Å². The first-order valence-electron chi connectivity index (χ1n) is 14.9. The molecule has 7 heteroatoms. The van der Waals surface area contributed by atoms with Crippen molar-refractivity contribution in [1.29, 1.82) is 0 Å². The van der Waals surface area contributed by atoms with E-state index in [-0.39, 0.29) is 5.91 Å². The SMILES string of the molecule is Cc1ccc(Cc2nc(N3CCCN(C(=O)Cc4ccccc4)CC3)c3c(-c4ccc5ccccc5c4)noc3n2)cc1. The van der Waals surface area contributed by atoms with Gasteiger partial charge in [0.1, 0.15) is 22.7 Å². The van der Waals surface area contributed by atoms with Gasteiger partial charge in [-0.25, -0.2) is 4.98 Å². The Bertz CT molecular complexity index is 1900. The lowest BCUT2D eigenvalue weighted by Gasteiger charge is -2.24. The summed E-state index contributed by atoms with van der Waals surface area (Å²) in [5, 5.41) is 7.65. The van der Waals surface area contributed by atoms with Crippen LogP contribution in [0.4, 0.5) is 5.82 Å². The predicted molar refractivity (Wildman–Crippen MR) is 170 cm³/mol. The van der Waals surface area contributed by atoms with Gasteiger partial charge in [-0.2, -0.15) is 4.98 Å². The van der Waals surface area contributed by atoms with Crippen molar-refractivity contribution in [2.24, 2.45) is 0 Å². The number of fused-ring (bicyclic) bond motifs is 2. The summed E-state index contributed by atoms with van der Waals surface area (Å²) in [4.78, 5) is 27.5. The Morgan fingerprint density at radius 3 is 2.42 bits per heavy atom. The molecule has 1 aliphatic heterocycles. The Balaban J connectivity index is 1.24. The van der Waals surface area contributed by atoms with Gasteiger partial charge in [0.25, 0.3) is 5.71 Å². The summed E-state index contributed by atoms with van der Waals surface area (Å²) in [5.74, 6) is 1.66. The summed E-state index contributed by atoms with van der Waals surface area (Å²) in [7, 11) is 0. The molecule has 3 heterocycles. The summed E-state index contributed by atoms with van der Waals surface area (Å²) in [6.45, 7) is 4.86. The van der Waals surface area contributed by atoms with Crippen LogP contribution in [0.2, 0.25) is 0 Å². The number of hydrogen-bond acceptors (Lipinski definition) is 6. The minimum atomic E-state index is 0.155. The summed E-state index contributed by atoms with van der Waals surface area (Å²) in [5.41, 5.74) is 5.57. The molecule has 0 radical (unpaired) electrons. The van der Waals surface area contributed by atoms with Crippen LogP contribution in [-0.4, -0.2) is 52.1 Å². The molecule has 214 valence electrons. The summed E-state index contributed by atoms with van der Waals surface area (Å²) in [6.07, 6.45) is 1.84. The number of benzene rings is 4. The van der Waals surface area contributed by atoms with Gasteiger partial charge >= 0.3 is 0 Å². The highest BCUT2D eigenvalue weighted by molar-refractivity contribution is 6.00. The molecule has 4 aromatic carbocycles. The van der Waals surface area contributed by atoms with Gasteiger partial charge in [0.2, 0.25) is 5.91 Å². The van der Waals surface area contributed by atoms with Crippen LogP contribution in [-0.2, 0) is 17.6 Å². The van der Waals surface area contributed by atoms with Crippen LogP contribution in [0.25, 0.3) is 33.1 Å². The number of amides is 1. The molecule has 0 unspecified atom stereocenters. The van der Waals surface area contributed by atoms with Crippen molar-refractivity contribution < 1.29 is 9.32 Å². The van der Waals surface area contributed by atoms with Crippen molar-refractivity contribution in [1.82, 2.24) is 20.0 Å². The van der Waals surface area contributed by atoms with Crippen LogP contribution in [0.15, 0.2) is 102 Å². The molecule has 0 saturated carbocycles. The molecular formula is C36H33N5O2. The average Bonchev–Trinajstić information content (AvgIpc) is 3.30. The molecule has 43 heavy (non-hydrogen) atoms. The average molecular weight is 568 g/mol. The molecule has 1 amide bonds. The molecule has 1 aliphatic rings. The largest absolute Gasteiger partial charge is 0.354 e. The molecule has 2 aromatic heterocycles. The van der Waals surface area contributed by atoms with Gasteiger partial charge in [0.15, 0.2) is 0 Å². The van der Waals surface area contributed by atoms with E-state index >= 15 is 0 Å². The van der Waals surface area contributed by atoms with Crippen molar-refractivity contribution in [2.45, 2.75) is 26.2 Å². The van der Waals surface area contributed by atoms with E-state index in [0.29, 0.717) is 44.0 Å². The van der Waals surface area contributed by atoms with E-state index in [2.05, 4.69) is 71.6 Å². The first-order valence-corrected chi connectivity index (χ1v) is 14.9. The van der Waals surface area contributed by atoms with E-state index in [0.717, 1.165) is 51.9 Å². The first-order chi connectivity index (χ1) is 21.1. The normalized spacial score (nSPS) is 13.9. The molecule has 6 aromatic rings. The zero-order valence-electron chi connectivity index (χ0n) is 24.2. The second-order valence-corrected chi connectivity index (χ2v) is 11.3. The standard InChI is InChI=1S/C36H33N5O2/c1-25-12-14-27(15-13-25)22-31-37-35(41-19-7-18-40(20-21-41)32(42)23-26-8-3-2-4-9-26)33-34(39-43-36(33)38-31)30-17-16-28-10-5-6-11-29(28)24-30/h2-6,8-17,24H,7,18-23H2,1H3. The highest BCUT2D eigenvalue weighted by Crippen LogP contribution is 2.35. The number of aryl methyl sites for hydroxylation is 1. The van der Waals surface area contributed by atoms with E-state index in [1.165, 1.54) is 10.9 Å². The lowest BCUT2D eigenvalue weighted by molar-refractivity contribution is -0.130. The second kappa shape index (κ2) is 11.7. The highest BCUT2D eigenvalue weighted by Gasteiger charge is 2.26. The molecule has 0 aliphatic carbocycles. The fraction of sp³-hybridized carbons (Fsp3) is 0.222. The van der Waals surface area contributed by atoms with Crippen LogP contribution < -0.4 is 4.90 Å². The minimum Gasteiger partial charge on any atom is -0.354 e. The Morgan fingerprint density at radius 2 is 1.58 bits per heavy atom. The van der Waals surface area contributed by atoms with E-state index in [9.17, 15) is 4.79 Å². The van der Waals surface area contributed by atoms with Gasteiger partial charge in [-0.05, 0) is 41.3 Å². The Hall–Kier alpha value is -5.04. The van der Waals surface area contributed by atoms with Crippen molar-refractivity contribution in [3.05, 3.63) is 120 Å². The third-order valence-corrected chi connectivity index (χ3v) is 8.22. The third-order valence-electron chi connectivity index (χ3n) is 8.22. The third kappa shape index (κ3) is 5.71. The Labute approximate surface area is 250 Å². The topological polar surface area (TPSA) is 75.4 Å². The van der Waals surface area contributed by atoms with Gasteiger partial charge in [-0.15, -0.1) is 0 Å². The lowest BCUT2D eigenvalue weighted by atomic mass is 10.0. The zero-order valence-corrected chi connectivity index (χ0v) is 24.2. The maximum atomic E-state index is 13.2. The van der Waals surface area contributed by atoms with E-state index in [1.807, 2.05) is 47.4 Å². The highest BCUT2D eigenvalue weighted by atomic mass is 16.5. The van der Waals surface area contributed by atoms with Crippen molar-refractivity contribution in [3.63, 3.8) is 0 Å². The number of anilines is 1. The molecule has 1 fully saturated rings. The number of carbonyl (C=O) groups is 1. The second-order valence-electron chi connectivity index (χ2n) is 11.3. The molecule has 1 saturated heterocycles. The zero-order chi connectivity index (χ0) is 29.2.